The van der Waals surface area contributed by atoms with E-state index >= 15 is 0 Å². The fourth-order valence-electron chi connectivity index (χ4n) is 1.46. The van der Waals surface area contributed by atoms with E-state index in [1.165, 1.54) is 19.3 Å². The fourth-order valence-corrected chi connectivity index (χ4v) is 1.46. The number of aromatic amines is 1. The molecule has 0 aromatic carbocycles. The molecule has 2 aromatic rings. The summed E-state index contributed by atoms with van der Waals surface area (Å²) in [6.07, 6.45) is 0.832. The van der Waals surface area contributed by atoms with Gasteiger partial charge in [-0.1, -0.05) is 6.92 Å². The average Bonchev–Trinajstić information content (AvgIpc) is 2.88. The molecule has 6 heteroatoms. The van der Waals surface area contributed by atoms with Crippen molar-refractivity contribution in [3.63, 3.8) is 0 Å². The maximum absolute atomic E-state index is 11.7. The van der Waals surface area contributed by atoms with Gasteiger partial charge in [0, 0.05) is 25.5 Å². The topological polar surface area (TPSA) is 81.5 Å². The molecule has 0 saturated carbocycles. The highest BCUT2D eigenvalue weighted by molar-refractivity contribution is 5.93. The number of nitrogens with one attached hydrogen (secondary N) is 1. The van der Waals surface area contributed by atoms with Gasteiger partial charge >= 0.3 is 11.9 Å². The van der Waals surface area contributed by atoms with Gasteiger partial charge in [0.2, 0.25) is 6.29 Å². The summed E-state index contributed by atoms with van der Waals surface area (Å²) >= 11 is 0. The summed E-state index contributed by atoms with van der Waals surface area (Å²) in [4.78, 5) is 25.5. The lowest BCUT2D eigenvalue weighted by Gasteiger charge is -2.12. The van der Waals surface area contributed by atoms with E-state index in [4.69, 9.17) is 13.9 Å². The van der Waals surface area contributed by atoms with E-state index in [9.17, 15) is 9.59 Å². The highest BCUT2D eigenvalue weighted by atomic mass is 16.7. The van der Waals surface area contributed by atoms with Gasteiger partial charge in [-0.05, 0) is 0 Å². The third-order valence-electron chi connectivity index (χ3n) is 2.32. The van der Waals surface area contributed by atoms with Crippen molar-refractivity contribution in [1.82, 2.24) is 4.98 Å². The summed E-state index contributed by atoms with van der Waals surface area (Å²) < 4.78 is 14.9. The smallest absolute Gasteiger partial charge is 0.357 e. The van der Waals surface area contributed by atoms with E-state index in [1.807, 2.05) is 0 Å². The van der Waals surface area contributed by atoms with Crippen LogP contribution in [-0.4, -0.2) is 23.2 Å². The van der Waals surface area contributed by atoms with Gasteiger partial charge in [0.25, 0.3) is 0 Å². The predicted octanol–water partition coefficient (Wildman–Crippen LogP) is 2.22. The zero-order valence-corrected chi connectivity index (χ0v) is 10.1. The molecule has 6 nitrogen and oxygen atoms in total. The van der Waals surface area contributed by atoms with E-state index in [-0.39, 0.29) is 12.1 Å². The second-order valence-electron chi connectivity index (χ2n) is 3.70. The lowest BCUT2D eigenvalue weighted by atomic mass is 10.4. The van der Waals surface area contributed by atoms with Crippen LogP contribution in [0.5, 0.6) is 0 Å². The number of carbonyl (C=O) groups excluding carboxylic acids is 2. The van der Waals surface area contributed by atoms with Gasteiger partial charge in [0.15, 0.2) is 5.58 Å². The summed E-state index contributed by atoms with van der Waals surface area (Å²) in [5, 5.41) is 0. The molecule has 1 atom stereocenters. The Bertz CT molecular complexity index is 539. The van der Waals surface area contributed by atoms with Crippen LogP contribution in [0, 0.1) is 0 Å². The Balaban J connectivity index is 1.99. The Morgan fingerprint density at radius 3 is 2.89 bits per heavy atom. The third-order valence-corrected chi connectivity index (χ3v) is 2.32. The Labute approximate surface area is 103 Å². The lowest BCUT2D eigenvalue weighted by Crippen LogP contribution is -2.21. The first kappa shape index (κ1) is 12.2. The van der Waals surface area contributed by atoms with Crippen molar-refractivity contribution < 1.29 is 23.5 Å². The van der Waals surface area contributed by atoms with Crippen molar-refractivity contribution in [3.8, 4) is 0 Å². The maximum atomic E-state index is 11.7. The monoisotopic (exact) mass is 251 g/mol. The molecule has 0 saturated heterocycles. The lowest BCUT2D eigenvalue weighted by molar-refractivity contribution is -0.165. The van der Waals surface area contributed by atoms with Gasteiger partial charge in [-0.15, -0.1) is 0 Å². The highest BCUT2D eigenvalue weighted by Gasteiger charge is 2.17. The van der Waals surface area contributed by atoms with Crippen LogP contribution >= 0.6 is 0 Å². The summed E-state index contributed by atoms with van der Waals surface area (Å²) in [7, 11) is 0. The molecule has 0 aliphatic heterocycles. The van der Waals surface area contributed by atoms with E-state index < -0.39 is 18.2 Å². The number of carbonyl (C=O) groups is 2. The van der Waals surface area contributed by atoms with Gasteiger partial charge < -0.3 is 18.9 Å². The Hall–Kier alpha value is -2.24. The number of furan rings is 1. The molecule has 0 spiro atoms. The van der Waals surface area contributed by atoms with Crippen molar-refractivity contribution in [2.24, 2.45) is 0 Å². The zero-order valence-electron chi connectivity index (χ0n) is 10.1. The van der Waals surface area contributed by atoms with Crippen molar-refractivity contribution in [2.45, 2.75) is 26.6 Å². The minimum atomic E-state index is -0.917. The first-order valence-corrected chi connectivity index (χ1v) is 5.57. The molecule has 2 rings (SSSR count). The molecule has 0 radical (unpaired) electrons. The van der Waals surface area contributed by atoms with E-state index in [0.29, 0.717) is 11.1 Å². The first-order chi connectivity index (χ1) is 8.60. The van der Waals surface area contributed by atoms with Crippen LogP contribution in [0.1, 0.15) is 30.8 Å². The van der Waals surface area contributed by atoms with Crippen LogP contribution in [0.3, 0.4) is 0 Å². The maximum Gasteiger partial charge on any atom is 0.357 e. The summed E-state index contributed by atoms with van der Waals surface area (Å²) in [6.45, 7) is 3.15. The Morgan fingerprint density at radius 1 is 1.44 bits per heavy atom. The van der Waals surface area contributed by atoms with E-state index in [0.717, 1.165) is 0 Å². The van der Waals surface area contributed by atoms with Crippen molar-refractivity contribution in [3.05, 3.63) is 24.1 Å². The van der Waals surface area contributed by atoms with Crippen molar-refractivity contribution >= 4 is 23.0 Å². The molecule has 1 N–H and O–H groups in total. The minimum absolute atomic E-state index is 0.233. The number of esters is 2. The molecule has 0 aliphatic carbocycles. The van der Waals surface area contributed by atoms with E-state index in [2.05, 4.69) is 4.98 Å². The number of ether oxygens (including phenoxy) is 2. The quantitative estimate of drug-likeness (QED) is 0.665. The van der Waals surface area contributed by atoms with Crippen molar-refractivity contribution in [2.75, 3.05) is 0 Å². The number of hydrogen-bond acceptors (Lipinski definition) is 5. The molecule has 18 heavy (non-hydrogen) atoms. The van der Waals surface area contributed by atoms with E-state index in [1.54, 1.807) is 13.0 Å². The molecular weight excluding hydrogens is 238 g/mol. The number of aromatic nitrogens is 1. The first-order valence-electron chi connectivity index (χ1n) is 5.57. The van der Waals surface area contributed by atoms with Crippen molar-refractivity contribution in [1.29, 1.82) is 0 Å². The standard InChI is InChI=1S/C12H13NO5/c1-3-11(14)17-7(2)18-12(15)9-6-10-8(13-9)4-5-16-10/h4-7,13H,3H2,1-2H3. The highest BCUT2D eigenvalue weighted by Crippen LogP contribution is 2.17. The molecule has 0 aliphatic rings. The number of fused-ring (bicyclic) bond motifs is 1. The molecule has 2 aromatic heterocycles. The fraction of sp³-hybridized carbons (Fsp3) is 0.333. The second-order valence-corrected chi connectivity index (χ2v) is 3.70. The molecule has 0 amide bonds. The molecule has 0 fully saturated rings. The Morgan fingerprint density at radius 2 is 2.22 bits per heavy atom. The number of rotatable bonds is 4. The van der Waals surface area contributed by atoms with Crippen LogP contribution < -0.4 is 0 Å². The normalized spacial score (nSPS) is 12.3. The summed E-state index contributed by atoms with van der Waals surface area (Å²) in [6, 6.07) is 3.23. The molecule has 96 valence electrons. The SMILES string of the molecule is CCC(=O)OC(C)OC(=O)c1cc2occc2[nH]1. The second kappa shape index (κ2) is 4.95. The van der Waals surface area contributed by atoms with Gasteiger partial charge in [-0.2, -0.15) is 0 Å². The van der Waals surface area contributed by atoms with Gasteiger partial charge in [0.1, 0.15) is 5.69 Å². The van der Waals surface area contributed by atoms with Crippen LogP contribution in [0.25, 0.3) is 11.1 Å². The van der Waals surface area contributed by atoms with Gasteiger partial charge in [-0.25, -0.2) is 4.79 Å². The largest absolute Gasteiger partial charge is 0.463 e. The third kappa shape index (κ3) is 2.53. The Kier molecular flexibility index (Phi) is 3.36. The molecular formula is C12H13NO5. The summed E-state index contributed by atoms with van der Waals surface area (Å²) in [5.74, 6) is -1.02. The summed E-state index contributed by atoms with van der Waals surface area (Å²) in [5.41, 5.74) is 1.53. The average molecular weight is 251 g/mol. The molecule has 1 unspecified atom stereocenters. The van der Waals surface area contributed by atoms with Crippen LogP contribution in [-0.2, 0) is 14.3 Å². The van der Waals surface area contributed by atoms with Crippen LogP contribution in [0.2, 0.25) is 0 Å². The minimum Gasteiger partial charge on any atom is -0.463 e. The zero-order chi connectivity index (χ0) is 13.1. The molecule has 0 bridgehead atoms. The van der Waals surface area contributed by atoms with Crippen LogP contribution in [0.15, 0.2) is 22.8 Å². The van der Waals surface area contributed by atoms with Crippen LogP contribution in [0.4, 0.5) is 0 Å². The number of H-pyrrole nitrogens is 1. The number of hydrogen-bond donors (Lipinski definition) is 1. The van der Waals surface area contributed by atoms with Gasteiger partial charge in [-0.3, -0.25) is 4.79 Å². The predicted molar refractivity (Wildman–Crippen MR) is 61.8 cm³/mol. The van der Waals surface area contributed by atoms with Gasteiger partial charge in [0.05, 0.1) is 11.8 Å². The molecule has 2 heterocycles.